The first-order valence-electron chi connectivity index (χ1n) is 8.43. The molecule has 1 aromatic carbocycles. The topological polar surface area (TPSA) is 90.0 Å². The van der Waals surface area contributed by atoms with E-state index in [1.54, 1.807) is 35.0 Å². The number of benzene rings is 1. The zero-order valence-electron chi connectivity index (χ0n) is 14.3. The summed E-state index contributed by atoms with van der Waals surface area (Å²) in [6.07, 6.45) is 1.65. The van der Waals surface area contributed by atoms with Crippen LogP contribution in [0, 0.1) is 12.7 Å². The van der Waals surface area contributed by atoms with Gasteiger partial charge in [0.15, 0.2) is 11.5 Å². The number of aryl methyl sites for hydroxylation is 1. The standard InChI is InChI=1S/C18H14FN7O/c1-10-17-12(11-4-2-3-5-13(11)19)8-16(27)21-18(17)26(23-10)15-7-6-14-22-20-9-25(14)24-15/h2-7,9,12H,8H2,1H3,(H,21,27)/t12-/m0/s1. The predicted octanol–water partition coefficient (Wildman–Crippen LogP) is 2.23. The fraction of sp³-hybridized carbons (Fsp3) is 0.167. The number of amides is 1. The minimum Gasteiger partial charge on any atom is -0.310 e. The average Bonchev–Trinajstić information content (AvgIpc) is 3.25. The zero-order valence-corrected chi connectivity index (χ0v) is 14.3. The van der Waals surface area contributed by atoms with E-state index in [1.807, 2.05) is 6.92 Å². The van der Waals surface area contributed by atoms with Gasteiger partial charge in [-0.1, -0.05) is 18.2 Å². The maximum atomic E-state index is 14.4. The molecule has 1 amide bonds. The van der Waals surface area contributed by atoms with Gasteiger partial charge in [-0.25, -0.2) is 4.39 Å². The lowest BCUT2D eigenvalue weighted by Crippen LogP contribution is -2.25. The van der Waals surface area contributed by atoms with Crippen LogP contribution < -0.4 is 5.32 Å². The quantitative estimate of drug-likeness (QED) is 0.590. The van der Waals surface area contributed by atoms with Gasteiger partial charge in [0.05, 0.1) is 5.69 Å². The van der Waals surface area contributed by atoms with Crippen molar-refractivity contribution in [3.05, 3.63) is 65.4 Å². The van der Waals surface area contributed by atoms with E-state index in [2.05, 4.69) is 25.7 Å². The summed E-state index contributed by atoms with van der Waals surface area (Å²) in [5.41, 5.74) is 2.59. The van der Waals surface area contributed by atoms with Crippen LogP contribution in [-0.2, 0) is 4.79 Å². The second-order valence-corrected chi connectivity index (χ2v) is 6.41. The molecule has 0 fully saturated rings. The van der Waals surface area contributed by atoms with Crippen LogP contribution in [0.15, 0.2) is 42.7 Å². The molecule has 1 atom stereocenters. The van der Waals surface area contributed by atoms with Crippen molar-refractivity contribution in [1.82, 2.24) is 29.6 Å². The maximum Gasteiger partial charge on any atom is 0.226 e. The van der Waals surface area contributed by atoms with Crippen LogP contribution in [0.1, 0.15) is 29.2 Å². The summed E-state index contributed by atoms with van der Waals surface area (Å²) in [5.74, 6) is 0.0852. The molecule has 0 radical (unpaired) electrons. The van der Waals surface area contributed by atoms with Gasteiger partial charge in [0.25, 0.3) is 0 Å². The van der Waals surface area contributed by atoms with Crippen molar-refractivity contribution in [2.45, 2.75) is 19.3 Å². The summed E-state index contributed by atoms with van der Waals surface area (Å²) in [7, 11) is 0. The van der Waals surface area contributed by atoms with E-state index in [0.29, 0.717) is 28.5 Å². The Hall–Kier alpha value is -3.62. The van der Waals surface area contributed by atoms with E-state index in [-0.39, 0.29) is 18.1 Å². The van der Waals surface area contributed by atoms with E-state index >= 15 is 0 Å². The molecule has 134 valence electrons. The first kappa shape index (κ1) is 15.6. The molecule has 0 saturated heterocycles. The van der Waals surface area contributed by atoms with Crippen LogP contribution in [-0.4, -0.2) is 35.5 Å². The lowest BCUT2D eigenvalue weighted by atomic mass is 9.85. The molecule has 4 heterocycles. The second kappa shape index (κ2) is 5.70. The lowest BCUT2D eigenvalue weighted by molar-refractivity contribution is -0.116. The highest BCUT2D eigenvalue weighted by Gasteiger charge is 2.34. The molecule has 0 spiro atoms. The molecule has 1 aliphatic rings. The van der Waals surface area contributed by atoms with E-state index in [1.165, 1.54) is 16.9 Å². The minimum absolute atomic E-state index is 0.165. The van der Waals surface area contributed by atoms with Gasteiger partial charge in [-0.05, 0) is 30.7 Å². The average molecular weight is 363 g/mol. The molecule has 8 nitrogen and oxygen atoms in total. The first-order valence-corrected chi connectivity index (χ1v) is 8.43. The van der Waals surface area contributed by atoms with E-state index < -0.39 is 5.92 Å². The van der Waals surface area contributed by atoms with Gasteiger partial charge in [-0.3, -0.25) is 4.79 Å². The Kier molecular flexibility index (Phi) is 3.30. The summed E-state index contributed by atoms with van der Waals surface area (Å²) in [6, 6.07) is 10.0. The fourth-order valence-corrected chi connectivity index (χ4v) is 3.57. The third-order valence-corrected chi connectivity index (χ3v) is 4.75. The molecule has 0 unspecified atom stereocenters. The van der Waals surface area contributed by atoms with Crippen LogP contribution in [0.3, 0.4) is 0 Å². The monoisotopic (exact) mass is 363 g/mol. The van der Waals surface area contributed by atoms with E-state index in [9.17, 15) is 9.18 Å². The van der Waals surface area contributed by atoms with Gasteiger partial charge in [-0.2, -0.15) is 14.3 Å². The highest BCUT2D eigenvalue weighted by atomic mass is 19.1. The number of hydrogen-bond acceptors (Lipinski definition) is 5. The van der Waals surface area contributed by atoms with Crippen LogP contribution >= 0.6 is 0 Å². The molecule has 4 aromatic rings. The first-order chi connectivity index (χ1) is 13.1. The predicted molar refractivity (Wildman–Crippen MR) is 94.1 cm³/mol. The Morgan fingerprint density at radius 3 is 2.89 bits per heavy atom. The smallest absolute Gasteiger partial charge is 0.226 e. The Bertz CT molecular complexity index is 1200. The summed E-state index contributed by atoms with van der Waals surface area (Å²) < 4.78 is 17.5. The van der Waals surface area contributed by atoms with Gasteiger partial charge in [0, 0.05) is 17.9 Å². The zero-order chi connectivity index (χ0) is 18.5. The van der Waals surface area contributed by atoms with Crippen molar-refractivity contribution in [2.75, 3.05) is 5.32 Å². The van der Waals surface area contributed by atoms with Crippen molar-refractivity contribution in [3.63, 3.8) is 0 Å². The summed E-state index contributed by atoms with van der Waals surface area (Å²) >= 11 is 0. The van der Waals surface area contributed by atoms with Gasteiger partial charge in [0.1, 0.15) is 18.0 Å². The van der Waals surface area contributed by atoms with Crippen molar-refractivity contribution < 1.29 is 9.18 Å². The molecule has 0 aliphatic carbocycles. The van der Waals surface area contributed by atoms with Crippen molar-refractivity contribution in [2.24, 2.45) is 0 Å². The fourth-order valence-electron chi connectivity index (χ4n) is 3.57. The van der Waals surface area contributed by atoms with Crippen LogP contribution in [0.2, 0.25) is 0 Å². The van der Waals surface area contributed by atoms with Crippen molar-refractivity contribution in [1.29, 1.82) is 0 Å². The normalized spacial score (nSPS) is 16.4. The Morgan fingerprint density at radius 1 is 1.19 bits per heavy atom. The number of carbonyl (C=O) groups is 1. The molecular formula is C18H14FN7O. The number of hydrogen-bond donors (Lipinski definition) is 1. The second-order valence-electron chi connectivity index (χ2n) is 6.41. The van der Waals surface area contributed by atoms with E-state index in [0.717, 1.165) is 5.56 Å². The van der Waals surface area contributed by atoms with Gasteiger partial charge >= 0.3 is 0 Å². The van der Waals surface area contributed by atoms with Crippen molar-refractivity contribution in [3.8, 4) is 5.82 Å². The van der Waals surface area contributed by atoms with Crippen molar-refractivity contribution >= 4 is 17.4 Å². The molecule has 1 aliphatic heterocycles. The number of fused-ring (bicyclic) bond motifs is 2. The summed E-state index contributed by atoms with van der Waals surface area (Å²) in [6.45, 7) is 1.85. The summed E-state index contributed by atoms with van der Waals surface area (Å²) in [4.78, 5) is 12.4. The van der Waals surface area contributed by atoms with Gasteiger partial charge < -0.3 is 5.32 Å². The number of nitrogens with zero attached hydrogens (tertiary/aromatic N) is 6. The SMILES string of the molecule is Cc1nn(-c2ccc3nncn3n2)c2c1[C@H](c1ccccc1F)CC(=O)N2. The Balaban J connectivity index is 1.70. The molecule has 0 bridgehead atoms. The van der Waals surface area contributed by atoms with Crippen LogP contribution in [0.25, 0.3) is 11.5 Å². The highest BCUT2D eigenvalue weighted by Crippen LogP contribution is 2.40. The molecule has 9 heteroatoms. The molecule has 1 N–H and O–H groups in total. The molecule has 5 rings (SSSR count). The molecular weight excluding hydrogens is 349 g/mol. The summed E-state index contributed by atoms with van der Waals surface area (Å²) in [5, 5.41) is 19.6. The number of carbonyl (C=O) groups excluding carboxylic acids is 1. The number of nitrogens with one attached hydrogen (secondary N) is 1. The van der Waals surface area contributed by atoms with Gasteiger partial charge in [0.2, 0.25) is 5.91 Å². The number of anilines is 1. The van der Waals surface area contributed by atoms with Crippen LogP contribution in [0.4, 0.5) is 10.2 Å². The maximum absolute atomic E-state index is 14.4. The van der Waals surface area contributed by atoms with Gasteiger partial charge in [-0.15, -0.1) is 15.3 Å². The van der Waals surface area contributed by atoms with E-state index in [4.69, 9.17) is 0 Å². The number of halogens is 1. The Labute approximate surface area is 152 Å². The largest absolute Gasteiger partial charge is 0.310 e. The minimum atomic E-state index is -0.401. The molecule has 3 aromatic heterocycles. The number of rotatable bonds is 2. The third kappa shape index (κ3) is 2.39. The molecule has 27 heavy (non-hydrogen) atoms. The number of aromatic nitrogens is 6. The molecule has 0 saturated carbocycles. The highest BCUT2D eigenvalue weighted by molar-refractivity contribution is 5.95. The Morgan fingerprint density at radius 2 is 2.04 bits per heavy atom. The lowest BCUT2D eigenvalue weighted by Gasteiger charge is -2.24. The van der Waals surface area contributed by atoms with Crippen LogP contribution in [0.5, 0.6) is 0 Å². The third-order valence-electron chi connectivity index (χ3n) is 4.75.